The number of H-pyrrole nitrogens is 1. The quantitative estimate of drug-likeness (QED) is 0.810. The van der Waals surface area contributed by atoms with E-state index < -0.39 is 5.60 Å². The minimum Gasteiger partial charge on any atom is -0.486 e. The Morgan fingerprint density at radius 1 is 1.23 bits per heavy atom. The highest BCUT2D eigenvalue weighted by Gasteiger charge is 2.44. The lowest BCUT2D eigenvalue weighted by molar-refractivity contribution is -0.00634. The second kappa shape index (κ2) is 7.91. The molecule has 0 bridgehead atoms. The van der Waals surface area contributed by atoms with Gasteiger partial charge in [0.05, 0.1) is 17.7 Å². The number of hydrogen-bond donors (Lipinski definition) is 1. The molecule has 2 aliphatic heterocycles. The molecule has 1 N–H and O–H groups in total. The molecule has 1 saturated heterocycles. The first-order valence-electron chi connectivity index (χ1n) is 10.0. The predicted molar refractivity (Wildman–Crippen MR) is 115 cm³/mol. The summed E-state index contributed by atoms with van der Waals surface area (Å²) in [5, 5.41) is 0. The van der Waals surface area contributed by atoms with E-state index in [1.165, 1.54) is 17.8 Å². The normalized spacial score (nSPS) is 17.6. The van der Waals surface area contributed by atoms with Gasteiger partial charge in [0.1, 0.15) is 22.9 Å². The second-order valence-corrected chi connectivity index (χ2v) is 9.01. The standard InChI is InChI=1S/C22H25N3O4S/c1-13-8-14(2)20-15(9-13)17(26)11-22(29-20)4-6-25(7-5-22)21(28)16-10-19(27)24-18(23-16)12-30-3/h8-10H,4-7,11-12H2,1-3H3,(H,23,24,27). The van der Waals surface area contributed by atoms with Crippen molar-refractivity contribution in [2.24, 2.45) is 0 Å². The average Bonchev–Trinajstić information content (AvgIpc) is 2.69. The monoisotopic (exact) mass is 427 g/mol. The van der Waals surface area contributed by atoms with E-state index in [4.69, 9.17) is 4.74 Å². The number of amides is 1. The van der Waals surface area contributed by atoms with Crippen molar-refractivity contribution in [3.63, 3.8) is 0 Å². The Kier molecular flexibility index (Phi) is 5.44. The summed E-state index contributed by atoms with van der Waals surface area (Å²) in [7, 11) is 0. The van der Waals surface area contributed by atoms with Crippen molar-refractivity contribution < 1.29 is 14.3 Å². The first-order valence-corrected chi connectivity index (χ1v) is 11.4. The Balaban J connectivity index is 1.51. The topological polar surface area (TPSA) is 92.4 Å². The minimum absolute atomic E-state index is 0.0980. The van der Waals surface area contributed by atoms with Crippen LogP contribution in [-0.2, 0) is 5.75 Å². The van der Waals surface area contributed by atoms with Gasteiger partial charge >= 0.3 is 0 Å². The summed E-state index contributed by atoms with van der Waals surface area (Å²) in [4.78, 5) is 46.3. The van der Waals surface area contributed by atoms with Gasteiger partial charge in [-0.05, 0) is 37.3 Å². The zero-order valence-electron chi connectivity index (χ0n) is 17.4. The highest BCUT2D eigenvalue weighted by Crippen LogP contribution is 2.41. The van der Waals surface area contributed by atoms with Gasteiger partial charge in [0, 0.05) is 32.0 Å². The molecule has 30 heavy (non-hydrogen) atoms. The summed E-state index contributed by atoms with van der Waals surface area (Å²) < 4.78 is 6.39. The van der Waals surface area contributed by atoms with Crippen LogP contribution in [0.25, 0.3) is 0 Å². The van der Waals surface area contributed by atoms with Crippen LogP contribution in [0.2, 0.25) is 0 Å². The number of ether oxygens (including phenoxy) is 1. The van der Waals surface area contributed by atoms with Gasteiger partial charge in [-0.3, -0.25) is 14.4 Å². The Morgan fingerprint density at radius 2 is 1.97 bits per heavy atom. The Labute approximate surface area is 179 Å². The molecule has 158 valence electrons. The molecule has 0 radical (unpaired) electrons. The fourth-order valence-corrected chi connectivity index (χ4v) is 4.73. The number of piperidine rings is 1. The van der Waals surface area contributed by atoms with Crippen LogP contribution < -0.4 is 10.3 Å². The van der Waals surface area contributed by atoms with E-state index in [9.17, 15) is 14.4 Å². The molecule has 0 atom stereocenters. The number of ketones is 1. The first kappa shape index (κ1) is 20.7. The fraction of sp³-hybridized carbons (Fsp3) is 0.455. The number of carbonyl (C=O) groups is 2. The number of Topliss-reactive ketones (excluding diaryl/α,β-unsaturated/α-hetero) is 1. The third-order valence-electron chi connectivity index (χ3n) is 5.77. The molecule has 0 saturated carbocycles. The molecule has 1 aromatic carbocycles. The summed E-state index contributed by atoms with van der Waals surface area (Å²) >= 11 is 1.52. The van der Waals surface area contributed by atoms with E-state index in [2.05, 4.69) is 9.97 Å². The summed E-state index contributed by atoms with van der Waals surface area (Å²) in [6.45, 7) is 4.85. The number of aromatic amines is 1. The number of thioether (sulfide) groups is 1. The number of aryl methyl sites for hydroxylation is 2. The zero-order valence-corrected chi connectivity index (χ0v) is 18.2. The van der Waals surface area contributed by atoms with Gasteiger partial charge in [-0.25, -0.2) is 4.98 Å². The van der Waals surface area contributed by atoms with Crippen LogP contribution in [0.1, 0.15) is 57.1 Å². The van der Waals surface area contributed by atoms with Gasteiger partial charge in [0.25, 0.3) is 11.5 Å². The van der Waals surface area contributed by atoms with Crippen molar-refractivity contribution in [3.8, 4) is 5.75 Å². The summed E-state index contributed by atoms with van der Waals surface area (Å²) in [6, 6.07) is 5.16. The Hall–Kier alpha value is -2.61. The van der Waals surface area contributed by atoms with Crippen molar-refractivity contribution >= 4 is 23.5 Å². The van der Waals surface area contributed by atoms with Crippen molar-refractivity contribution in [3.05, 3.63) is 56.8 Å². The first-order chi connectivity index (χ1) is 14.3. The number of carbonyl (C=O) groups excluding carboxylic acids is 2. The van der Waals surface area contributed by atoms with E-state index in [1.807, 2.05) is 32.2 Å². The highest BCUT2D eigenvalue weighted by molar-refractivity contribution is 7.97. The molecule has 2 aromatic rings. The van der Waals surface area contributed by atoms with Gasteiger partial charge in [-0.2, -0.15) is 11.8 Å². The number of benzene rings is 1. The fourth-order valence-electron chi connectivity index (χ4n) is 4.32. The number of hydrogen-bond acceptors (Lipinski definition) is 6. The largest absolute Gasteiger partial charge is 0.486 e. The average molecular weight is 428 g/mol. The number of fused-ring (bicyclic) bond motifs is 1. The van der Waals surface area contributed by atoms with Gasteiger partial charge in [0.2, 0.25) is 0 Å². The van der Waals surface area contributed by atoms with E-state index in [1.54, 1.807) is 4.90 Å². The number of nitrogens with zero attached hydrogens (tertiary/aromatic N) is 2. The molecule has 1 fully saturated rings. The molecule has 1 aromatic heterocycles. The number of rotatable bonds is 3. The maximum atomic E-state index is 12.9. The molecule has 4 rings (SSSR count). The van der Waals surface area contributed by atoms with Crippen LogP contribution in [0.3, 0.4) is 0 Å². The lowest BCUT2D eigenvalue weighted by Crippen LogP contribution is -2.52. The van der Waals surface area contributed by atoms with E-state index in [-0.39, 0.29) is 22.9 Å². The number of nitrogens with one attached hydrogen (secondary N) is 1. The SMILES string of the molecule is CSCc1nc(C(=O)N2CCC3(CC2)CC(=O)c2cc(C)cc(C)c2O3)cc(=O)[nH]1. The van der Waals surface area contributed by atoms with Crippen LogP contribution in [0.5, 0.6) is 5.75 Å². The van der Waals surface area contributed by atoms with E-state index in [0.29, 0.717) is 55.2 Å². The van der Waals surface area contributed by atoms with Crippen molar-refractivity contribution in [1.82, 2.24) is 14.9 Å². The molecule has 2 aliphatic rings. The molecule has 7 nitrogen and oxygen atoms in total. The number of likely N-dealkylation sites (tertiary alicyclic amines) is 1. The van der Waals surface area contributed by atoms with Crippen LogP contribution in [0.15, 0.2) is 23.0 Å². The summed E-state index contributed by atoms with van der Waals surface area (Å²) in [6.07, 6.45) is 3.37. The van der Waals surface area contributed by atoms with Crippen LogP contribution in [0.4, 0.5) is 0 Å². The van der Waals surface area contributed by atoms with Crippen LogP contribution in [0, 0.1) is 13.8 Å². The summed E-state index contributed by atoms with van der Waals surface area (Å²) in [5.74, 6) is 1.55. The summed E-state index contributed by atoms with van der Waals surface area (Å²) in [5.41, 5.74) is 1.93. The molecular formula is C22H25N3O4S. The third-order valence-corrected chi connectivity index (χ3v) is 6.34. The lowest BCUT2D eigenvalue weighted by Gasteiger charge is -2.44. The Morgan fingerprint density at radius 3 is 2.67 bits per heavy atom. The molecule has 8 heteroatoms. The maximum absolute atomic E-state index is 12.9. The Bertz CT molecular complexity index is 1070. The van der Waals surface area contributed by atoms with Crippen LogP contribution >= 0.6 is 11.8 Å². The molecule has 0 aliphatic carbocycles. The smallest absolute Gasteiger partial charge is 0.272 e. The number of aromatic nitrogens is 2. The van der Waals surface area contributed by atoms with Crippen LogP contribution in [-0.4, -0.2) is 51.5 Å². The molecule has 3 heterocycles. The highest BCUT2D eigenvalue weighted by atomic mass is 32.2. The van der Waals surface area contributed by atoms with Crippen molar-refractivity contribution in [1.29, 1.82) is 0 Å². The third kappa shape index (κ3) is 3.88. The minimum atomic E-state index is -0.577. The predicted octanol–water partition coefficient (Wildman–Crippen LogP) is 2.89. The van der Waals surface area contributed by atoms with Gasteiger partial charge in [0.15, 0.2) is 5.78 Å². The van der Waals surface area contributed by atoms with E-state index >= 15 is 0 Å². The molecule has 1 spiro atoms. The molecule has 0 unspecified atom stereocenters. The van der Waals surface area contributed by atoms with Gasteiger partial charge < -0.3 is 14.6 Å². The van der Waals surface area contributed by atoms with Gasteiger partial charge in [-0.1, -0.05) is 6.07 Å². The molecule has 1 amide bonds. The zero-order chi connectivity index (χ0) is 21.5. The van der Waals surface area contributed by atoms with Crippen molar-refractivity contribution in [2.45, 2.75) is 44.5 Å². The van der Waals surface area contributed by atoms with Gasteiger partial charge in [-0.15, -0.1) is 0 Å². The maximum Gasteiger partial charge on any atom is 0.272 e. The molecular weight excluding hydrogens is 402 g/mol. The van der Waals surface area contributed by atoms with Crippen molar-refractivity contribution in [2.75, 3.05) is 19.3 Å². The lowest BCUT2D eigenvalue weighted by atomic mass is 9.81. The van der Waals surface area contributed by atoms with E-state index in [0.717, 1.165) is 11.1 Å². The second-order valence-electron chi connectivity index (χ2n) is 8.15.